The average molecular weight is 311 g/mol. The summed E-state index contributed by atoms with van der Waals surface area (Å²) >= 11 is 3.47. The molecule has 18 heavy (non-hydrogen) atoms. The van der Waals surface area contributed by atoms with Crippen molar-refractivity contribution in [2.45, 2.75) is 27.0 Å². The lowest BCUT2D eigenvalue weighted by Crippen LogP contribution is -2.00. The third-order valence-electron chi connectivity index (χ3n) is 2.79. The van der Waals surface area contributed by atoms with E-state index in [0.29, 0.717) is 13.2 Å². The lowest BCUT2D eigenvalue weighted by molar-refractivity contribution is 0.300. The van der Waals surface area contributed by atoms with Crippen LogP contribution in [0.1, 0.15) is 22.6 Å². The molecule has 0 saturated heterocycles. The van der Waals surface area contributed by atoms with Crippen molar-refractivity contribution in [2.24, 2.45) is 5.73 Å². The van der Waals surface area contributed by atoms with E-state index in [1.165, 1.54) is 0 Å². The number of hydrogen-bond donors (Lipinski definition) is 1. The standard InChI is InChI=1S/C13H15BrN2O2/c1-8-11(9(2)18-16-8)7-17-13-4-3-10(6-15)5-12(13)14/h3-5H,6-7,15H2,1-2H3. The van der Waals surface area contributed by atoms with Gasteiger partial charge < -0.3 is 15.0 Å². The zero-order valence-corrected chi connectivity index (χ0v) is 12.0. The maximum absolute atomic E-state index is 5.75. The van der Waals surface area contributed by atoms with Crippen LogP contribution >= 0.6 is 15.9 Å². The summed E-state index contributed by atoms with van der Waals surface area (Å²) in [5.41, 5.74) is 8.49. The van der Waals surface area contributed by atoms with Crippen molar-refractivity contribution < 1.29 is 9.26 Å². The molecule has 1 aromatic carbocycles. The first kappa shape index (κ1) is 13.1. The predicted molar refractivity (Wildman–Crippen MR) is 72.3 cm³/mol. The molecular formula is C13H15BrN2O2. The van der Waals surface area contributed by atoms with Gasteiger partial charge in [-0.3, -0.25) is 0 Å². The lowest BCUT2D eigenvalue weighted by atomic mass is 10.2. The number of nitrogens with two attached hydrogens (primary N) is 1. The predicted octanol–water partition coefficient (Wildman–Crippen LogP) is 3.09. The second-order valence-electron chi connectivity index (χ2n) is 4.06. The molecule has 4 nitrogen and oxygen atoms in total. The summed E-state index contributed by atoms with van der Waals surface area (Å²) in [6.45, 7) is 4.75. The normalized spacial score (nSPS) is 10.7. The van der Waals surface area contributed by atoms with Gasteiger partial charge >= 0.3 is 0 Å². The minimum absolute atomic E-state index is 0.446. The number of hydrogen-bond acceptors (Lipinski definition) is 4. The Morgan fingerprint density at radius 2 is 2.17 bits per heavy atom. The Bertz CT molecular complexity index is 532. The first-order valence-corrected chi connectivity index (χ1v) is 6.44. The van der Waals surface area contributed by atoms with E-state index in [2.05, 4.69) is 21.1 Å². The Kier molecular flexibility index (Phi) is 4.04. The molecule has 96 valence electrons. The highest BCUT2D eigenvalue weighted by atomic mass is 79.9. The van der Waals surface area contributed by atoms with Crippen LogP contribution in [0.4, 0.5) is 0 Å². The van der Waals surface area contributed by atoms with Crippen molar-refractivity contribution in [3.05, 3.63) is 45.3 Å². The van der Waals surface area contributed by atoms with Gasteiger partial charge in [-0.2, -0.15) is 0 Å². The molecule has 0 aliphatic heterocycles. The Morgan fingerprint density at radius 1 is 1.39 bits per heavy atom. The highest BCUT2D eigenvalue weighted by molar-refractivity contribution is 9.10. The summed E-state index contributed by atoms with van der Waals surface area (Å²) < 4.78 is 11.7. The second-order valence-corrected chi connectivity index (χ2v) is 4.91. The van der Waals surface area contributed by atoms with Crippen molar-refractivity contribution in [1.29, 1.82) is 0 Å². The van der Waals surface area contributed by atoms with E-state index >= 15 is 0 Å². The van der Waals surface area contributed by atoms with E-state index < -0.39 is 0 Å². The molecule has 0 atom stereocenters. The van der Waals surface area contributed by atoms with Crippen LogP contribution in [0.3, 0.4) is 0 Å². The maximum atomic E-state index is 5.75. The van der Waals surface area contributed by atoms with Crippen molar-refractivity contribution in [3.63, 3.8) is 0 Å². The maximum Gasteiger partial charge on any atom is 0.140 e. The molecule has 0 aliphatic rings. The largest absolute Gasteiger partial charge is 0.488 e. The van der Waals surface area contributed by atoms with Crippen LogP contribution in [0.2, 0.25) is 0 Å². The van der Waals surface area contributed by atoms with Gasteiger partial charge in [0.05, 0.1) is 15.7 Å². The summed E-state index contributed by atoms with van der Waals surface area (Å²) in [5, 5.41) is 3.89. The van der Waals surface area contributed by atoms with E-state index in [0.717, 1.165) is 32.8 Å². The van der Waals surface area contributed by atoms with Crippen LogP contribution in [0, 0.1) is 13.8 Å². The number of ether oxygens (including phenoxy) is 1. The van der Waals surface area contributed by atoms with E-state index in [-0.39, 0.29) is 0 Å². The summed E-state index contributed by atoms with van der Waals surface area (Å²) in [6.07, 6.45) is 0. The first-order valence-electron chi connectivity index (χ1n) is 5.65. The Hall–Kier alpha value is -1.33. The van der Waals surface area contributed by atoms with E-state index in [1.54, 1.807) is 0 Å². The average Bonchev–Trinajstić information content (AvgIpc) is 2.68. The molecule has 2 rings (SSSR count). The van der Waals surface area contributed by atoms with Gasteiger partial charge in [-0.15, -0.1) is 0 Å². The summed E-state index contributed by atoms with van der Waals surface area (Å²) in [7, 11) is 0. The molecule has 0 unspecified atom stereocenters. The summed E-state index contributed by atoms with van der Waals surface area (Å²) in [4.78, 5) is 0. The molecule has 0 fully saturated rings. The van der Waals surface area contributed by atoms with E-state index in [1.807, 2.05) is 32.0 Å². The van der Waals surface area contributed by atoms with Crippen molar-refractivity contribution in [2.75, 3.05) is 0 Å². The van der Waals surface area contributed by atoms with Crippen LogP contribution in [-0.4, -0.2) is 5.16 Å². The van der Waals surface area contributed by atoms with Crippen LogP contribution in [-0.2, 0) is 13.2 Å². The first-order chi connectivity index (χ1) is 8.61. The zero-order valence-electron chi connectivity index (χ0n) is 10.4. The fourth-order valence-electron chi connectivity index (χ4n) is 1.65. The Balaban J connectivity index is 2.11. The van der Waals surface area contributed by atoms with Gasteiger partial charge in [-0.1, -0.05) is 11.2 Å². The van der Waals surface area contributed by atoms with Crippen LogP contribution in [0.15, 0.2) is 27.2 Å². The number of nitrogens with zero attached hydrogens (tertiary/aromatic N) is 1. The van der Waals surface area contributed by atoms with Crippen molar-refractivity contribution in [3.8, 4) is 5.75 Å². The molecule has 2 aromatic rings. The minimum Gasteiger partial charge on any atom is -0.488 e. The number of rotatable bonds is 4. The minimum atomic E-state index is 0.446. The smallest absolute Gasteiger partial charge is 0.140 e. The quantitative estimate of drug-likeness (QED) is 0.942. The molecule has 5 heteroatoms. The zero-order chi connectivity index (χ0) is 13.1. The third-order valence-corrected chi connectivity index (χ3v) is 3.40. The van der Waals surface area contributed by atoms with Gasteiger partial charge in [-0.25, -0.2) is 0 Å². The van der Waals surface area contributed by atoms with Crippen molar-refractivity contribution >= 4 is 15.9 Å². The summed E-state index contributed by atoms with van der Waals surface area (Å²) in [5.74, 6) is 1.58. The molecule has 0 saturated carbocycles. The van der Waals surface area contributed by atoms with Gasteiger partial charge in [0.15, 0.2) is 0 Å². The van der Waals surface area contributed by atoms with Crippen LogP contribution < -0.4 is 10.5 Å². The third kappa shape index (κ3) is 2.73. The molecule has 0 radical (unpaired) electrons. The van der Waals surface area contributed by atoms with Gasteiger partial charge in [0.1, 0.15) is 18.1 Å². The fourth-order valence-corrected chi connectivity index (χ4v) is 2.19. The molecule has 0 bridgehead atoms. The Labute approximate surface area is 114 Å². The number of halogens is 1. The summed E-state index contributed by atoms with van der Waals surface area (Å²) in [6, 6.07) is 5.82. The highest BCUT2D eigenvalue weighted by Gasteiger charge is 2.10. The fraction of sp³-hybridized carbons (Fsp3) is 0.308. The Morgan fingerprint density at radius 3 is 2.72 bits per heavy atom. The second kappa shape index (κ2) is 5.54. The highest BCUT2D eigenvalue weighted by Crippen LogP contribution is 2.27. The molecule has 2 N–H and O–H groups in total. The van der Waals surface area contributed by atoms with Gasteiger partial charge in [0.2, 0.25) is 0 Å². The number of aryl methyl sites for hydroxylation is 2. The molecule has 1 heterocycles. The number of benzene rings is 1. The molecular weight excluding hydrogens is 296 g/mol. The van der Waals surface area contributed by atoms with Crippen molar-refractivity contribution in [1.82, 2.24) is 5.16 Å². The molecule has 0 spiro atoms. The lowest BCUT2D eigenvalue weighted by Gasteiger charge is -2.09. The van der Waals surface area contributed by atoms with E-state index in [9.17, 15) is 0 Å². The molecule has 0 amide bonds. The van der Waals surface area contributed by atoms with Crippen LogP contribution in [0.5, 0.6) is 5.75 Å². The SMILES string of the molecule is Cc1noc(C)c1COc1ccc(CN)cc1Br. The van der Waals surface area contributed by atoms with Gasteiger partial charge in [0.25, 0.3) is 0 Å². The molecule has 1 aromatic heterocycles. The topological polar surface area (TPSA) is 61.3 Å². The molecule has 0 aliphatic carbocycles. The van der Waals surface area contributed by atoms with Crippen LogP contribution in [0.25, 0.3) is 0 Å². The van der Waals surface area contributed by atoms with Gasteiger partial charge in [-0.05, 0) is 47.5 Å². The number of aromatic nitrogens is 1. The van der Waals surface area contributed by atoms with Gasteiger partial charge in [0, 0.05) is 6.54 Å². The monoisotopic (exact) mass is 310 g/mol. The van der Waals surface area contributed by atoms with E-state index in [4.69, 9.17) is 15.0 Å².